The Kier molecular flexibility index (Phi) is 5.00. The molecule has 28 heavy (non-hydrogen) atoms. The summed E-state index contributed by atoms with van der Waals surface area (Å²) >= 11 is 1.50. The highest BCUT2D eigenvalue weighted by molar-refractivity contribution is 7.18. The van der Waals surface area contributed by atoms with Crippen molar-refractivity contribution in [2.24, 2.45) is 0 Å². The van der Waals surface area contributed by atoms with Crippen LogP contribution in [-0.4, -0.2) is 31.7 Å². The predicted octanol–water partition coefficient (Wildman–Crippen LogP) is 4.37. The molecule has 1 aliphatic rings. The summed E-state index contributed by atoms with van der Waals surface area (Å²) in [6, 6.07) is 1.94. The van der Waals surface area contributed by atoms with E-state index in [1.165, 1.54) is 30.4 Å². The van der Waals surface area contributed by atoms with Crippen LogP contribution in [0.1, 0.15) is 45.1 Å². The van der Waals surface area contributed by atoms with Crippen LogP contribution >= 0.6 is 11.3 Å². The Morgan fingerprint density at radius 1 is 1.29 bits per heavy atom. The lowest BCUT2D eigenvalue weighted by Crippen LogP contribution is -2.16. The second-order valence-corrected chi connectivity index (χ2v) is 8.39. The molecule has 0 radical (unpaired) electrons. The molecule has 0 bridgehead atoms. The number of hydrogen-bond donors (Lipinski definition) is 2. The van der Waals surface area contributed by atoms with Gasteiger partial charge >= 0.3 is 0 Å². The Hall–Kier alpha value is -2.56. The summed E-state index contributed by atoms with van der Waals surface area (Å²) in [5, 5.41) is 15.4. The van der Waals surface area contributed by atoms with Crippen LogP contribution in [0.5, 0.6) is 0 Å². The molecule has 0 spiro atoms. The highest BCUT2D eigenvalue weighted by Crippen LogP contribution is 2.34. The second kappa shape index (κ2) is 7.46. The van der Waals surface area contributed by atoms with Gasteiger partial charge in [0.15, 0.2) is 11.6 Å². The maximum absolute atomic E-state index is 14.3. The van der Waals surface area contributed by atoms with E-state index in [1.54, 1.807) is 19.9 Å². The molecule has 0 saturated heterocycles. The zero-order valence-electron chi connectivity index (χ0n) is 15.8. The van der Waals surface area contributed by atoms with Crippen molar-refractivity contribution in [2.45, 2.75) is 51.2 Å². The summed E-state index contributed by atoms with van der Waals surface area (Å²) in [7, 11) is 0. The van der Waals surface area contributed by atoms with Crippen LogP contribution in [0.2, 0.25) is 0 Å². The summed E-state index contributed by atoms with van der Waals surface area (Å²) in [5.74, 6) is 6.39. The predicted molar refractivity (Wildman–Crippen MR) is 110 cm³/mol. The van der Waals surface area contributed by atoms with E-state index < -0.39 is 11.4 Å². The molecule has 3 aromatic rings. The van der Waals surface area contributed by atoms with Crippen LogP contribution in [0, 0.1) is 17.7 Å². The largest absolute Gasteiger partial charge is 0.378 e. The number of aromatic nitrogens is 3. The van der Waals surface area contributed by atoms with Crippen LogP contribution in [0.15, 0.2) is 23.8 Å². The fraction of sp³-hybridized carbons (Fsp3) is 0.381. The van der Waals surface area contributed by atoms with Crippen molar-refractivity contribution < 1.29 is 9.50 Å². The molecule has 0 aromatic carbocycles. The van der Waals surface area contributed by atoms with Crippen LogP contribution in [0.3, 0.4) is 0 Å². The third kappa shape index (κ3) is 3.98. The maximum atomic E-state index is 14.3. The normalized spacial score (nSPS) is 14.9. The third-order valence-corrected chi connectivity index (χ3v) is 5.60. The van der Waals surface area contributed by atoms with Gasteiger partial charge in [-0.25, -0.2) is 14.4 Å². The number of anilines is 1. The molecular formula is C21H21FN4OS. The minimum Gasteiger partial charge on any atom is -0.378 e. The van der Waals surface area contributed by atoms with Crippen molar-refractivity contribution in [1.29, 1.82) is 0 Å². The molecule has 1 aliphatic carbocycles. The van der Waals surface area contributed by atoms with Gasteiger partial charge in [0.2, 0.25) is 0 Å². The first-order valence-corrected chi connectivity index (χ1v) is 10.2. The first kappa shape index (κ1) is 18.8. The highest BCUT2D eigenvalue weighted by atomic mass is 32.1. The zero-order chi connectivity index (χ0) is 19.7. The molecule has 0 aliphatic heterocycles. The number of fused-ring (bicyclic) bond motifs is 1. The summed E-state index contributed by atoms with van der Waals surface area (Å²) in [6.45, 7) is 3.27. The smallest absolute Gasteiger partial charge is 0.165 e. The Morgan fingerprint density at radius 3 is 2.79 bits per heavy atom. The highest BCUT2D eigenvalue weighted by Gasteiger charge is 2.20. The average Bonchev–Trinajstić information content (AvgIpc) is 3.29. The maximum Gasteiger partial charge on any atom is 0.165 e. The van der Waals surface area contributed by atoms with Crippen LogP contribution in [-0.2, 0) is 0 Å². The lowest BCUT2D eigenvalue weighted by molar-refractivity contribution is 0.143. The average molecular weight is 396 g/mol. The fourth-order valence-corrected chi connectivity index (χ4v) is 4.16. The van der Waals surface area contributed by atoms with Gasteiger partial charge in [-0.2, -0.15) is 0 Å². The van der Waals surface area contributed by atoms with E-state index in [-0.39, 0.29) is 0 Å². The molecule has 0 amide bonds. The molecule has 3 aromatic heterocycles. The molecule has 0 atom stereocenters. The van der Waals surface area contributed by atoms with Crippen molar-refractivity contribution in [1.82, 2.24) is 15.0 Å². The van der Waals surface area contributed by atoms with Gasteiger partial charge in [0.25, 0.3) is 0 Å². The number of pyridine rings is 1. The third-order valence-electron chi connectivity index (χ3n) is 4.63. The minimum atomic E-state index is -1.10. The number of halogens is 1. The molecule has 5 nitrogen and oxygen atoms in total. The Balaban J connectivity index is 1.87. The number of aliphatic hydroxyl groups is 1. The molecule has 144 valence electrons. The molecule has 4 rings (SSSR count). The Labute approximate surface area is 167 Å². The van der Waals surface area contributed by atoms with E-state index in [4.69, 9.17) is 0 Å². The monoisotopic (exact) mass is 396 g/mol. The Bertz CT molecular complexity index is 1070. The van der Waals surface area contributed by atoms with Crippen LogP contribution in [0.25, 0.3) is 21.6 Å². The van der Waals surface area contributed by atoms with Crippen molar-refractivity contribution in [2.75, 3.05) is 5.32 Å². The lowest BCUT2D eigenvalue weighted by atomic mass is 10.1. The number of thiophene rings is 1. The lowest BCUT2D eigenvalue weighted by Gasteiger charge is -2.14. The molecular weight excluding hydrogens is 375 g/mol. The van der Waals surface area contributed by atoms with Crippen molar-refractivity contribution in [3.05, 3.63) is 35.2 Å². The topological polar surface area (TPSA) is 70.9 Å². The van der Waals surface area contributed by atoms with E-state index in [0.29, 0.717) is 34.3 Å². The van der Waals surface area contributed by atoms with Gasteiger partial charge in [0, 0.05) is 17.6 Å². The van der Waals surface area contributed by atoms with Gasteiger partial charge in [0.1, 0.15) is 16.9 Å². The van der Waals surface area contributed by atoms with E-state index >= 15 is 0 Å². The summed E-state index contributed by atoms with van der Waals surface area (Å²) in [5.41, 5.74) is 0.573. The number of rotatable bonds is 3. The minimum absolute atomic E-state index is 0.303. The van der Waals surface area contributed by atoms with Crippen LogP contribution in [0.4, 0.5) is 10.2 Å². The van der Waals surface area contributed by atoms with Gasteiger partial charge in [-0.1, -0.05) is 24.7 Å². The fourth-order valence-electron chi connectivity index (χ4n) is 3.27. The second-order valence-electron chi connectivity index (χ2n) is 7.51. The standard InChI is InChI=1S/C21H21FN4OS/c1-21(2,27)9-7-13-12-28-18-17(13)25-19(15-8-10-23-11-16(15)22)26-20(18)24-14-5-3-4-6-14/h8,10-12,14,27H,3-6H2,1-2H3,(H,24,25,26). The first-order valence-electron chi connectivity index (χ1n) is 9.32. The molecule has 7 heteroatoms. The Morgan fingerprint density at radius 2 is 2.07 bits per heavy atom. The number of hydrogen-bond acceptors (Lipinski definition) is 6. The first-order chi connectivity index (χ1) is 13.4. The molecule has 1 saturated carbocycles. The van der Waals surface area contributed by atoms with Crippen molar-refractivity contribution in [3.63, 3.8) is 0 Å². The van der Waals surface area contributed by atoms with Crippen molar-refractivity contribution in [3.8, 4) is 23.2 Å². The van der Waals surface area contributed by atoms with E-state index in [1.807, 2.05) is 5.38 Å². The van der Waals surface area contributed by atoms with Crippen LogP contribution < -0.4 is 5.32 Å². The molecule has 3 heterocycles. The quantitative estimate of drug-likeness (QED) is 0.644. The van der Waals surface area contributed by atoms with Gasteiger partial charge in [-0.15, -0.1) is 11.3 Å². The summed E-state index contributed by atoms with van der Waals surface area (Å²) in [4.78, 5) is 13.1. The van der Waals surface area contributed by atoms with Gasteiger partial charge in [-0.3, -0.25) is 4.98 Å². The zero-order valence-corrected chi connectivity index (χ0v) is 16.6. The number of nitrogens with zero attached hydrogens (tertiary/aromatic N) is 3. The van der Waals surface area contributed by atoms with Gasteiger partial charge in [-0.05, 0) is 32.8 Å². The molecule has 2 N–H and O–H groups in total. The summed E-state index contributed by atoms with van der Waals surface area (Å²) in [6.07, 6.45) is 7.28. The SMILES string of the molecule is CC(C)(O)C#Cc1csc2c(NC3CCCC3)nc(-c3ccncc3F)nc12. The van der Waals surface area contributed by atoms with Gasteiger partial charge in [0.05, 0.1) is 22.0 Å². The summed E-state index contributed by atoms with van der Waals surface area (Å²) < 4.78 is 15.2. The van der Waals surface area contributed by atoms with Crippen molar-refractivity contribution >= 4 is 27.4 Å². The number of nitrogens with one attached hydrogen (secondary N) is 1. The molecule has 1 fully saturated rings. The van der Waals surface area contributed by atoms with Gasteiger partial charge < -0.3 is 10.4 Å². The van der Waals surface area contributed by atoms with E-state index in [0.717, 1.165) is 23.7 Å². The van der Waals surface area contributed by atoms with E-state index in [9.17, 15) is 9.50 Å². The van der Waals surface area contributed by atoms with E-state index in [2.05, 4.69) is 32.1 Å². The molecule has 0 unspecified atom stereocenters.